The zero-order chi connectivity index (χ0) is 9.23. The van der Waals surface area contributed by atoms with Gasteiger partial charge in [-0.2, -0.15) is 0 Å². The molecule has 0 fully saturated rings. The van der Waals surface area contributed by atoms with Crippen LogP contribution in [0, 0.1) is 0 Å². The molecular formula is C10H21NO. The molecule has 0 aliphatic heterocycles. The first-order valence-electron chi connectivity index (χ1n) is 4.74. The molecule has 1 atom stereocenters. The van der Waals surface area contributed by atoms with Gasteiger partial charge in [-0.05, 0) is 32.9 Å². The highest BCUT2D eigenvalue weighted by Crippen LogP contribution is 2.00. The zero-order valence-electron chi connectivity index (χ0n) is 8.31. The fraction of sp³-hybridized carbons (Fsp3) is 0.800. The Balaban J connectivity index is 3.07. The number of hydrogen-bond donors (Lipinski definition) is 1. The van der Waals surface area contributed by atoms with E-state index < -0.39 is 0 Å². The van der Waals surface area contributed by atoms with Crippen molar-refractivity contribution in [3.8, 4) is 0 Å². The minimum absolute atomic E-state index is 0.363. The van der Waals surface area contributed by atoms with Gasteiger partial charge in [-0.3, -0.25) is 0 Å². The van der Waals surface area contributed by atoms with Crippen LogP contribution in [0.4, 0.5) is 0 Å². The van der Waals surface area contributed by atoms with E-state index in [4.69, 9.17) is 4.74 Å². The summed E-state index contributed by atoms with van der Waals surface area (Å²) in [4.78, 5) is 0. The summed E-state index contributed by atoms with van der Waals surface area (Å²) in [7, 11) is 0. The third-order valence-corrected chi connectivity index (χ3v) is 1.71. The van der Waals surface area contributed by atoms with Gasteiger partial charge >= 0.3 is 0 Å². The van der Waals surface area contributed by atoms with Crippen LogP contribution in [0.15, 0.2) is 12.7 Å². The summed E-state index contributed by atoms with van der Waals surface area (Å²) < 4.78 is 5.43. The molecule has 72 valence electrons. The van der Waals surface area contributed by atoms with Gasteiger partial charge in [0.05, 0.1) is 12.7 Å². The van der Waals surface area contributed by atoms with Crippen molar-refractivity contribution in [3.63, 3.8) is 0 Å². The van der Waals surface area contributed by atoms with Crippen LogP contribution in [0.3, 0.4) is 0 Å². The maximum absolute atomic E-state index is 5.43. The van der Waals surface area contributed by atoms with Gasteiger partial charge in [0.25, 0.3) is 0 Å². The first-order chi connectivity index (χ1) is 5.81. The minimum Gasteiger partial charge on any atom is -0.374 e. The third-order valence-electron chi connectivity index (χ3n) is 1.71. The molecule has 2 heteroatoms. The van der Waals surface area contributed by atoms with E-state index in [0.29, 0.717) is 12.7 Å². The molecule has 0 saturated carbocycles. The largest absolute Gasteiger partial charge is 0.374 e. The van der Waals surface area contributed by atoms with Gasteiger partial charge in [0, 0.05) is 0 Å². The van der Waals surface area contributed by atoms with Crippen LogP contribution in [-0.2, 0) is 4.74 Å². The summed E-state index contributed by atoms with van der Waals surface area (Å²) in [5.41, 5.74) is 0. The molecule has 0 rings (SSSR count). The average molecular weight is 171 g/mol. The SMILES string of the molecule is C=CCOC(C)CCCNCC. The summed E-state index contributed by atoms with van der Waals surface area (Å²) in [5, 5.41) is 3.28. The summed E-state index contributed by atoms with van der Waals surface area (Å²) in [5.74, 6) is 0. The van der Waals surface area contributed by atoms with Gasteiger partial charge in [0.1, 0.15) is 0 Å². The zero-order valence-corrected chi connectivity index (χ0v) is 8.31. The van der Waals surface area contributed by atoms with Crippen LogP contribution < -0.4 is 5.32 Å². The molecule has 2 nitrogen and oxygen atoms in total. The van der Waals surface area contributed by atoms with Gasteiger partial charge in [-0.15, -0.1) is 6.58 Å². The normalized spacial score (nSPS) is 12.8. The van der Waals surface area contributed by atoms with Crippen LogP contribution in [0.1, 0.15) is 26.7 Å². The molecular weight excluding hydrogens is 150 g/mol. The van der Waals surface area contributed by atoms with Crippen molar-refractivity contribution in [2.75, 3.05) is 19.7 Å². The second-order valence-corrected chi connectivity index (χ2v) is 2.93. The van der Waals surface area contributed by atoms with Crippen LogP contribution in [0.2, 0.25) is 0 Å². The van der Waals surface area contributed by atoms with Crippen molar-refractivity contribution in [3.05, 3.63) is 12.7 Å². The maximum Gasteiger partial charge on any atom is 0.0648 e. The Kier molecular flexibility index (Phi) is 8.51. The number of rotatable bonds is 8. The van der Waals surface area contributed by atoms with Gasteiger partial charge in [0.15, 0.2) is 0 Å². The standard InChI is InChI=1S/C10H21NO/c1-4-9-12-10(3)7-6-8-11-5-2/h4,10-11H,1,5-9H2,2-3H3. The lowest BCUT2D eigenvalue weighted by Crippen LogP contribution is -2.16. The van der Waals surface area contributed by atoms with Gasteiger partial charge in [0.2, 0.25) is 0 Å². The predicted molar refractivity (Wildman–Crippen MR) is 53.4 cm³/mol. The quantitative estimate of drug-likeness (QED) is 0.445. The molecule has 12 heavy (non-hydrogen) atoms. The van der Waals surface area contributed by atoms with E-state index in [-0.39, 0.29) is 0 Å². The van der Waals surface area contributed by atoms with Crippen molar-refractivity contribution in [2.45, 2.75) is 32.8 Å². The van der Waals surface area contributed by atoms with E-state index >= 15 is 0 Å². The molecule has 0 saturated heterocycles. The lowest BCUT2D eigenvalue weighted by atomic mass is 10.2. The van der Waals surface area contributed by atoms with Crippen LogP contribution in [0.25, 0.3) is 0 Å². The molecule has 0 radical (unpaired) electrons. The smallest absolute Gasteiger partial charge is 0.0648 e. The van der Waals surface area contributed by atoms with E-state index in [1.54, 1.807) is 6.08 Å². The highest BCUT2D eigenvalue weighted by atomic mass is 16.5. The average Bonchev–Trinajstić information content (AvgIpc) is 2.09. The van der Waals surface area contributed by atoms with Crippen molar-refractivity contribution in [1.82, 2.24) is 5.32 Å². The van der Waals surface area contributed by atoms with Crippen molar-refractivity contribution in [1.29, 1.82) is 0 Å². The van der Waals surface area contributed by atoms with Crippen LogP contribution in [0.5, 0.6) is 0 Å². The first kappa shape index (κ1) is 11.7. The molecule has 0 amide bonds. The Morgan fingerprint density at radius 2 is 2.33 bits per heavy atom. The molecule has 1 unspecified atom stereocenters. The number of hydrogen-bond acceptors (Lipinski definition) is 2. The number of nitrogens with one attached hydrogen (secondary N) is 1. The summed E-state index contributed by atoms with van der Waals surface area (Å²) in [6.45, 7) is 10.7. The molecule has 0 bridgehead atoms. The van der Waals surface area contributed by atoms with E-state index in [0.717, 1.165) is 19.5 Å². The van der Waals surface area contributed by atoms with Gasteiger partial charge in [-0.1, -0.05) is 13.0 Å². The van der Waals surface area contributed by atoms with Crippen LogP contribution >= 0.6 is 0 Å². The van der Waals surface area contributed by atoms with Crippen molar-refractivity contribution in [2.24, 2.45) is 0 Å². The van der Waals surface area contributed by atoms with E-state index in [1.165, 1.54) is 6.42 Å². The highest BCUT2D eigenvalue weighted by Gasteiger charge is 1.99. The molecule has 0 heterocycles. The second kappa shape index (κ2) is 8.75. The van der Waals surface area contributed by atoms with Gasteiger partial charge < -0.3 is 10.1 Å². The van der Waals surface area contributed by atoms with E-state index in [9.17, 15) is 0 Å². The summed E-state index contributed by atoms with van der Waals surface area (Å²) >= 11 is 0. The lowest BCUT2D eigenvalue weighted by molar-refractivity contribution is 0.0805. The van der Waals surface area contributed by atoms with E-state index in [1.807, 2.05) is 0 Å². The molecule has 0 aliphatic carbocycles. The number of ether oxygens (including phenoxy) is 1. The Morgan fingerprint density at radius 3 is 2.92 bits per heavy atom. The minimum atomic E-state index is 0.363. The Hall–Kier alpha value is -0.340. The first-order valence-corrected chi connectivity index (χ1v) is 4.74. The Labute approximate surface area is 76.0 Å². The molecule has 1 N–H and O–H groups in total. The monoisotopic (exact) mass is 171 g/mol. The van der Waals surface area contributed by atoms with Crippen molar-refractivity contribution < 1.29 is 4.74 Å². The molecule has 0 aliphatic rings. The Morgan fingerprint density at radius 1 is 1.58 bits per heavy atom. The van der Waals surface area contributed by atoms with Gasteiger partial charge in [-0.25, -0.2) is 0 Å². The van der Waals surface area contributed by atoms with E-state index in [2.05, 4.69) is 25.7 Å². The molecule has 0 aromatic heterocycles. The predicted octanol–water partition coefficient (Wildman–Crippen LogP) is 1.97. The van der Waals surface area contributed by atoms with Crippen molar-refractivity contribution >= 4 is 0 Å². The molecule has 0 spiro atoms. The lowest BCUT2D eigenvalue weighted by Gasteiger charge is -2.10. The van der Waals surface area contributed by atoms with Crippen LogP contribution in [-0.4, -0.2) is 25.8 Å². The third kappa shape index (κ3) is 7.76. The topological polar surface area (TPSA) is 21.3 Å². The summed E-state index contributed by atoms with van der Waals surface area (Å²) in [6, 6.07) is 0. The Bertz CT molecular complexity index is 104. The summed E-state index contributed by atoms with van der Waals surface area (Å²) in [6.07, 6.45) is 4.47. The molecule has 0 aromatic rings. The molecule has 0 aromatic carbocycles. The highest BCUT2D eigenvalue weighted by molar-refractivity contribution is 4.65. The fourth-order valence-electron chi connectivity index (χ4n) is 1.01. The fourth-order valence-corrected chi connectivity index (χ4v) is 1.01. The second-order valence-electron chi connectivity index (χ2n) is 2.93. The maximum atomic E-state index is 5.43.